The van der Waals surface area contributed by atoms with E-state index in [0.29, 0.717) is 5.56 Å². The predicted octanol–water partition coefficient (Wildman–Crippen LogP) is 3.26. The minimum Gasteiger partial charge on any atom is -0.462 e. The maximum atomic E-state index is 13.0. The Morgan fingerprint density at radius 1 is 1.00 bits per heavy atom. The van der Waals surface area contributed by atoms with E-state index in [2.05, 4.69) is 5.32 Å². The Morgan fingerprint density at radius 2 is 1.56 bits per heavy atom. The molecule has 0 fully saturated rings. The standard InChI is InChI=1S/C19H20FNO6/c1-4-25-18(23)15-11(3)27-17(16(15)19(24)26-5-2)21-14(22)10-12-6-8-13(20)9-7-12/h6-9H,4-5,10H2,1-3H3,(H,21,22). The average molecular weight is 377 g/mol. The molecule has 0 aliphatic rings. The number of aryl methyl sites for hydroxylation is 1. The number of carbonyl (C=O) groups is 3. The largest absolute Gasteiger partial charge is 0.462 e. The highest BCUT2D eigenvalue weighted by Crippen LogP contribution is 2.29. The van der Waals surface area contributed by atoms with Gasteiger partial charge in [-0.05, 0) is 38.5 Å². The highest BCUT2D eigenvalue weighted by molar-refractivity contribution is 6.09. The number of esters is 2. The van der Waals surface area contributed by atoms with Gasteiger partial charge in [-0.25, -0.2) is 14.0 Å². The molecule has 0 unspecified atom stereocenters. The lowest BCUT2D eigenvalue weighted by Crippen LogP contribution is -2.18. The van der Waals surface area contributed by atoms with E-state index in [1.165, 1.54) is 31.2 Å². The summed E-state index contributed by atoms with van der Waals surface area (Å²) in [4.78, 5) is 36.8. The molecule has 0 aliphatic heterocycles. The molecular weight excluding hydrogens is 357 g/mol. The van der Waals surface area contributed by atoms with Crippen LogP contribution in [0.15, 0.2) is 28.7 Å². The zero-order valence-electron chi connectivity index (χ0n) is 15.3. The topological polar surface area (TPSA) is 94.8 Å². The van der Waals surface area contributed by atoms with Crippen LogP contribution >= 0.6 is 0 Å². The van der Waals surface area contributed by atoms with Gasteiger partial charge in [-0.1, -0.05) is 12.1 Å². The molecule has 0 aliphatic carbocycles. The van der Waals surface area contributed by atoms with Crippen LogP contribution in [0.5, 0.6) is 0 Å². The highest BCUT2D eigenvalue weighted by Gasteiger charge is 2.31. The van der Waals surface area contributed by atoms with Gasteiger partial charge in [-0.2, -0.15) is 0 Å². The number of hydrogen-bond donors (Lipinski definition) is 1. The number of rotatable bonds is 7. The first-order valence-electron chi connectivity index (χ1n) is 8.39. The maximum absolute atomic E-state index is 13.0. The maximum Gasteiger partial charge on any atom is 0.344 e. The Balaban J connectivity index is 2.30. The van der Waals surface area contributed by atoms with Gasteiger partial charge < -0.3 is 13.9 Å². The number of hydrogen-bond acceptors (Lipinski definition) is 6. The van der Waals surface area contributed by atoms with Crippen molar-refractivity contribution < 1.29 is 32.7 Å². The van der Waals surface area contributed by atoms with Crippen LogP contribution in [-0.2, 0) is 20.7 Å². The van der Waals surface area contributed by atoms with E-state index in [1.54, 1.807) is 13.8 Å². The lowest BCUT2D eigenvalue weighted by atomic mass is 10.1. The summed E-state index contributed by atoms with van der Waals surface area (Å²) < 4.78 is 28.3. The van der Waals surface area contributed by atoms with Gasteiger partial charge in [0.05, 0.1) is 19.6 Å². The molecule has 1 aromatic heterocycles. The van der Waals surface area contributed by atoms with Gasteiger partial charge in [0.1, 0.15) is 22.7 Å². The SMILES string of the molecule is CCOC(=O)c1c(C)oc(NC(=O)Cc2ccc(F)cc2)c1C(=O)OCC. The van der Waals surface area contributed by atoms with E-state index in [0.717, 1.165) is 0 Å². The first-order valence-corrected chi connectivity index (χ1v) is 8.39. The molecule has 1 aromatic carbocycles. The minimum absolute atomic E-state index is 0.0724. The molecule has 144 valence electrons. The second-order valence-corrected chi connectivity index (χ2v) is 5.53. The Hall–Kier alpha value is -3.16. The average Bonchev–Trinajstić information content (AvgIpc) is 2.93. The number of anilines is 1. The summed E-state index contributed by atoms with van der Waals surface area (Å²) in [5.74, 6) is -2.55. The zero-order chi connectivity index (χ0) is 20.0. The molecule has 0 saturated carbocycles. The van der Waals surface area contributed by atoms with Crippen LogP contribution < -0.4 is 5.32 Å². The third-order valence-electron chi connectivity index (χ3n) is 3.57. The van der Waals surface area contributed by atoms with Gasteiger partial charge in [-0.15, -0.1) is 0 Å². The quantitative estimate of drug-likeness (QED) is 0.744. The van der Waals surface area contributed by atoms with Crippen LogP contribution in [0.4, 0.5) is 10.3 Å². The zero-order valence-corrected chi connectivity index (χ0v) is 15.3. The van der Waals surface area contributed by atoms with Crippen molar-refractivity contribution in [3.8, 4) is 0 Å². The Bertz CT molecular complexity index is 841. The second-order valence-electron chi connectivity index (χ2n) is 5.53. The molecule has 0 spiro atoms. The van der Waals surface area contributed by atoms with Crippen LogP contribution in [0, 0.1) is 12.7 Å². The van der Waals surface area contributed by atoms with Crippen molar-refractivity contribution in [1.29, 1.82) is 0 Å². The van der Waals surface area contributed by atoms with E-state index in [1.807, 2.05) is 0 Å². The fraction of sp³-hybridized carbons (Fsp3) is 0.316. The monoisotopic (exact) mass is 377 g/mol. The normalized spacial score (nSPS) is 10.4. The summed E-state index contributed by atoms with van der Waals surface area (Å²) in [6.45, 7) is 4.90. The second kappa shape index (κ2) is 8.98. The molecule has 2 rings (SSSR count). The predicted molar refractivity (Wildman–Crippen MR) is 94.1 cm³/mol. The summed E-state index contributed by atoms with van der Waals surface area (Å²) in [6.07, 6.45) is -0.0724. The van der Waals surface area contributed by atoms with Crippen LogP contribution in [0.3, 0.4) is 0 Å². The Labute approximate surface area is 155 Å². The Kier molecular flexibility index (Phi) is 6.70. The van der Waals surface area contributed by atoms with Gasteiger partial charge in [-0.3, -0.25) is 10.1 Å². The molecule has 27 heavy (non-hydrogen) atoms. The molecule has 0 radical (unpaired) electrons. The molecule has 7 nitrogen and oxygen atoms in total. The number of nitrogens with one attached hydrogen (secondary N) is 1. The molecular formula is C19H20FNO6. The molecule has 0 saturated heterocycles. The summed E-state index contributed by atoms with van der Waals surface area (Å²) in [7, 11) is 0. The minimum atomic E-state index is -0.811. The summed E-state index contributed by atoms with van der Waals surface area (Å²) in [5.41, 5.74) is 0.285. The van der Waals surface area contributed by atoms with E-state index in [-0.39, 0.29) is 42.4 Å². The molecule has 1 heterocycles. The van der Waals surface area contributed by atoms with Gasteiger partial charge in [0.2, 0.25) is 11.8 Å². The lowest BCUT2D eigenvalue weighted by molar-refractivity contribution is -0.115. The van der Waals surface area contributed by atoms with Crippen LogP contribution in [0.1, 0.15) is 45.9 Å². The fourth-order valence-electron chi connectivity index (χ4n) is 2.44. The van der Waals surface area contributed by atoms with Crippen molar-refractivity contribution in [1.82, 2.24) is 0 Å². The van der Waals surface area contributed by atoms with Crippen molar-refractivity contribution in [2.75, 3.05) is 18.5 Å². The number of carbonyl (C=O) groups excluding carboxylic acids is 3. The lowest BCUT2D eigenvalue weighted by Gasteiger charge is -2.07. The third kappa shape index (κ3) is 4.93. The van der Waals surface area contributed by atoms with Gasteiger partial charge in [0.15, 0.2) is 0 Å². The Morgan fingerprint density at radius 3 is 2.11 bits per heavy atom. The fourth-order valence-corrected chi connectivity index (χ4v) is 2.44. The van der Waals surface area contributed by atoms with E-state index in [4.69, 9.17) is 13.9 Å². The molecule has 0 atom stereocenters. The third-order valence-corrected chi connectivity index (χ3v) is 3.57. The number of amides is 1. The van der Waals surface area contributed by atoms with Gasteiger partial charge >= 0.3 is 11.9 Å². The van der Waals surface area contributed by atoms with Gasteiger partial charge in [0, 0.05) is 0 Å². The van der Waals surface area contributed by atoms with Crippen LogP contribution in [-0.4, -0.2) is 31.1 Å². The number of benzene rings is 1. The molecule has 8 heteroatoms. The molecule has 1 amide bonds. The number of furan rings is 1. The smallest absolute Gasteiger partial charge is 0.344 e. The van der Waals surface area contributed by atoms with Crippen molar-refractivity contribution in [2.45, 2.75) is 27.2 Å². The van der Waals surface area contributed by atoms with E-state index < -0.39 is 23.7 Å². The number of halogens is 1. The summed E-state index contributed by atoms with van der Waals surface area (Å²) in [6, 6.07) is 5.42. The van der Waals surface area contributed by atoms with Crippen molar-refractivity contribution in [3.05, 3.63) is 52.5 Å². The highest BCUT2D eigenvalue weighted by atomic mass is 19.1. The molecule has 0 bridgehead atoms. The molecule has 1 N–H and O–H groups in total. The number of ether oxygens (including phenoxy) is 2. The van der Waals surface area contributed by atoms with E-state index in [9.17, 15) is 18.8 Å². The van der Waals surface area contributed by atoms with Crippen molar-refractivity contribution in [2.24, 2.45) is 0 Å². The van der Waals surface area contributed by atoms with Gasteiger partial charge in [0.25, 0.3) is 0 Å². The molecule has 2 aromatic rings. The summed E-state index contributed by atoms with van der Waals surface area (Å²) in [5, 5.41) is 2.46. The first kappa shape index (κ1) is 20.2. The van der Waals surface area contributed by atoms with Crippen molar-refractivity contribution in [3.63, 3.8) is 0 Å². The van der Waals surface area contributed by atoms with Crippen LogP contribution in [0.2, 0.25) is 0 Å². The summed E-state index contributed by atoms with van der Waals surface area (Å²) >= 11 is 0. The van der Waals surface area contributed by atoms with Crippen molar-refractivity contribution >= 4 is 23.7 Å². The first-order chi connectivity index (χ1) is 12.9. The van der Waals surface area contributed by atoms with Crippen LogP contribution in [0.25, 0.3) is 0 Å². The van der Waals surface area contributed by atoms with E-state index >= 15 is 0 Å².